The second-order valence-corrected chi connectivity index (χ2v) is 3.39. The number of nitrogens with two attached hydrogens (primary N) is 2. The summed E-state index contributed by atoms with van der Waals surface area (Å²) >= 11 is 0. The van der Waals surface area contributed by atoms with Crippen molar-refractivity contribution in [2.45, 2.75) is 18.9 Å². The van der Waals surface area contributed by atoms with Gasteiger partial charge in [-0.3, -0.25) is 0 Å². The molecule has 0 fully saturated rings. The molecule has 0 aliphatic rings. The molecule has 0 saturated carbocycles. The molecule has 0 heterocycles. The molecule has 1 rings (SSSR count). The molecular weight excluding hydrogens is 231 g/mol. The molecule has 3 nitrogen and oxygen atoms in total. The van der Waals surface area contributed by atoms with Crippen LogP contribution in [0.3, 0.4) is 0 Å². The standard InChI is InChI=1S/C11H17FN2O.ClH/c1-15-10-6-2-4-8(12)11(10)9(14)5-3-7-13;/h2,4,6,9H,3,5,7,13-14H2,1H3;1H/t9-;/m0./s1. The summed E-state index contributed by atoms with van der Waals surface area (Å²) in [6, 6.07) is 4.35. The van der Waals surface area contributed by atoms with Gasteiger partial charge in [-0.15, -0.1) is 12.4 Å². The quantitative estimate of drug-likeness (QED) is 0.838. The number of hydrogen-bond donors (Lipinski definition) is 2. The van der Waals surface area contributed by atoms with Crippen LogP contribution in [0.4, 0.5) is 4.39 Å². The van der Waals surface area contributed by atoms with Crippen LogP contribution in [-0.2, 0) is 0 Å². The lowest BCUT2D eigenvalue weighted by atomic mass is 10.0. The molecule has 0 saturated heterocycles. The Balaban J connectivity index is 0.00000225. The summed E-state index contributed by atoms with van der Waals surface area (Å²) in [5.41, 5.74) is 11.7. The van der Waals surface area contributed by atoms with Crippen molar-refractivity contribution in [1.82, 2.24) is 0 Å². The van der Waals surface area contributed by atoms with Crippen molar-refractivity contribution in [3.63, 3.8) is 0 Å². The van der Waals surface area contributed by atoms with Crippen LogP contribution < -0.4 is 16.2 Å². The smallest absolute Gasteiger partial charge is 0.131 e. The summed E-state index contributed by atoms with van der Waals surface area (Å²) < 4.78 is 18.6. The lowest BCUT2D eigenvalue weighted by Gasteiger charge is -2.15. The highest BCUT2D eigenvalue weighted by atomic mass is 35.5. The van der Waals surface area contributed by atoms with Gasteiger partial charge in [0.25, 0.3) is 0 Å². The summed E-state index contributed by atoms with van der Waals surface area (Å²) in [5, 5.41) is 0. The van der Waals surface area contributed by atoms with Crippen molar-refractivity contribution in [2.24, 2.45) is 11.5 Å². The topological polar surface area (TPSA) is 61.3 Å². The Labute approximate surface area is 101 Å². The molecule has 0 spiro atoms. The van der Waals surface area contributed by atoms with E-state index in [0.29, 0.717) is 24.3 Å². The van der Waals surface area contributed by atoms with E-state index in [0.717, 1.165) is 6.42 Å². The van der Waals surface area contributed by atoms with Crippen molar-refractivity contribution >= 4 is 12.4 Å². The molecule has 0 aliphatic heterocycles. The largest absolute Gasteiger partial charge is 0.496 e. The number of rotatable bonds is 5. The first-order chi connectivity index (χ1) is 7.20. The van der Waals surface area contributed by atoms with Gasteiger partial charge in [0.1, 0.15) is 11.6 Å². The second kappa shape index (κ2) is 7.44. The minimum absolute atomic E-state index is 0. The molecule has 0 aromatic heterocycles. The van der Waals surface area contributed by atoms with E-state index in [4.69, 9.17) is 16.2 Å². The summed E-state index contributed by atoms with van der Waals surface area (Å²) in [4.78, 5) is 0. The molecule has 1 atom stereocenters. The lowest BCUT2D eigenvalue weighted by molar-refractivity contribution is 0.396. The Morgan fingerprint density at radius 2 is 2.12 bits per heavy atom. The maximum absolute atomic E-state index is 13.5. The highest BCUT2D eigenvalue weighted by Gasteiger charge is 2.15. The lowest BCUT2D eigenvalue weighted by Crippen LogP contribution is -2.15. The fourth-order valence-electron chi connectivity index (χ4n) is 1.54. The third kappa shape index (κ3) is 3.63. The zero-order valence-corrected chi connectivity index (χ0v) is 10.1. The molecule has 92 valence electrons. The Morgan fingerprint density at radius 3 is 2.69 bits per heavy atom. The van der Waals surface area contributed by atoms with Crippen molar-refractivity contribution in [3.05, 3.63) is 29.6 Å². The van der Waals surface area contributed by atoms with Crippen molar-refractivity contribution in [2.75, 3.05) is 13.7 Å². The van der Waals surface area contributed by atoms with Gasteiger partial charge >= 0.3 is 0 Å². The second-order valence-electron chi connectivity index (χ2n) is 3.39. The fraction of sp³-hybridized carbons (Fsp3) is 0.455. The Morgan fingerprint density at radius 1 is 1.44 bits per heavy atom. The van der Waals surface area contributed by atoms with Crippen molar-refractivity contribution < 1.29 is 9.13 Å². The van der Waals surface area contributed by atoms with Crippen LogP contribution in [-0.4, -0.2) is 13.7 Å². The summed E-state index contributed by atoms with van der Waals surface area (Å²) in [7, 11) is 1.51. The average molecular weight is 249 g/mol. The minimum atomic E-state index is -0.357. The molecule has 5 heteroatoms. The molecule has 4 N–H and O–H groups in total. The molecule has 0 radical (unpaired) electrons. The van der Waals surface area contributed by atoms with E-state index >= 15 is 0 Å². The number of ether oxygens (including phenoxy) is 1. The Hall–Kier alpha value is -0.840. The van der Waals surface area contributed by atoms with Gasteiger partial charge in [0.15, 0.2) is 0 Å². The Bertz CT molecular complexity index is 323. The molecule has 16 heavy (non-hydrogen) atoms. The van der Waals surface area contributed by atoms with Gasteiger partial charge in [0, 0.05) is 11.6 Å². The van der Waals surface area contributed by atoms with E-state index in [1.165, 1.54) is 13.2 Å². The van der Waals surface area contributed by atoms with Gasteiger partial charge in [-0.05, 0) is 31.5 Å². The molecule has 0 bridgehead atoms. The predicted octanol–water partition coefficient (Wildman–Crippen LogP) is 1.99. The van der Waals surface area contributed by atoms with Crippen LogP contribution in [0, 0.1) is 5.82 Å². The van der Waals surface area contributed by atoms with E-state index in [9.17, 15) is 4.39 Å². The van der Waals surface area contributed by atoms with E-state index in [1.807, 2.05) is 0 Å². The number of hydrogen-bond acceptors (Lipinski definition) is 3. The predicted molar refractivity (Wildman–Crippen MR) is 65.4 cm³/mol. The number of benzene rings is 1. The third-order valence-electron chi connectivity index (χ3n) is 2.32. The van der Waals surface area contributed by atoms with E-state index in [2.05, 4.69) is 0 Å². The number of halogens is 2. The van der Waals surface area contributed by atoms with Crippen LogP contribution in [0.2, 0.25) is 0 Å². The SMILES string of the molecule is COc1cccc(F)c1[C@@H](N)CCCN.Cl. The maximum atomic E-state index is 13.5. The van der Waals surface area contributed by atoms with Gasteiger partial charge in [0.05, 0.1) is 7.11 Å². The van der Waals surface area contributed by atoms with Crippen LogP contribution in [0.5, 0.6) is 5.75 Å². The van der Waals surface area contributed by atoms with Crippen LogP contribution in [0.1, 0.15) is 24.4 Å². The molecule has 1 aromatic carbocycles. The minimum Gasteiger partial charge on any atom is -0.496 e. The Kier molecular flexibility index (Phi) is 7.05. The van der Waals surface area contributed by atoms with Gasteiger partial charge in [-0.2, -0.15) is 0 Å². The zero-order chi connectivity index (χ0) is 11.3. The first-order valence-corrected chi connectivity index (χ1v) is 4.98. The number of methoxy groups -OCH3 is 1. The van der Waals surface area contributed by atoms with Gasteiger partial charge in [-0.25, -0.2) is 4.39 Å². The summed E-state index contributed by atoms with van der Waals surface area (Å²) in [6.07, 6.45) is 1.44. The molecule has 1 aromatic rings. The van der Waals surface area contributed by atoms with Crippen molar-refractivity contribution in [3.8, 4) is 5.75 Å². The third-order valence-corrected chi connectivity index (χ3v) is 2.32. The zero-order valence-electron chi connectivity index (χ0n) is 9.28. The van der Waals surface area contributed by atoms with Gasteiger partial charge in [0.2, 0.25) is 0 Å². The summed E-state index contributed by atoms with van der Waals surface area (Å²) in [5.74, 6) is 0.179. The molecule has 0 aliphatic carbocycles. The van der Waals surface area contributed by atoms with Crippen LogP contribution in [0.25, 0.3) is 0 Å². The van der Waals surface area contributed by atoms with E-state index in [1.54, 1.807) is 12.1 Å². The first-order valence-electron chi connectivity index (χ1n) is 4.98. The van der Waals surface area contributed by atoms with E-state index in [-0.39, 0.29) is 24.3 Å². The summed E-state index contributed by atoms with van der Waals surface area (Å²) in [6.45, 7) is 0.560. The molecule has 0 amide bonds. The van der Waals surface area contributed by atoms with Crippen LogP contribution in [0.15, 0.2) is 18.2 Å². The molecule has 0 unspecified atom stereocenters. The first kappa shape index (κ1) is 15.2. The monoisotopic (exact) mass is 248 g/mol. The maximum Gasteiger partial charge on any atom is 0.131 e. The highest BCUT2D eigenvalue weighted by Crippen LogP contribution is 2.28. The normalized spacial score (nSPS) is 11.8. The molecular formula is C11H18ClFN2O. The van der Waals surface area contributed by atoms with Crippen LogP contribution >= 0.6 is 12.4 Å². The van der Waals surface area contributed by atoms with Crippen molar-refractivity contribution in [1.29, 1.82) is 0 Å². The van der Waals surface area contributed by atoms with E-state index < -0.39 is 0 Å². The highest BCUT2D eigenvalue weighted by molar-refractivity contribution is 5.85. The van der Waals surface area contributed by atoms with Gasteiger partial charge in [-0.1, -0.05) is 6.07 Å². The average Bonchev–Trinajstić information content (AvgIpc) is 2.25. The van der Waals surface area contributed by atoms with Gasteiger partial charge < -0.3 is 16.2 Å². The fourth-order valence-corrected chi connectivity index (χ4v) is 1.54.